The Hall–Kier alpha value is -0.690. The SMILES string of the molecule is CC(O)C(=O)OCCOCCOCCO. The Kier molecular flexibility index (Phi) is 9.40. The molecular formula is C9H18O6. The van der Waals surface area contributed by atoms with Crippen LogP contribution in [-0.4, -0.2) is 61.9 Å². The van der Waals surface area contributed by atoms with Gasteiger partial charge >= 0.3 is 5.97 Å². The molecule has 0 fully saturated rings. The summed E-state index contributed by atoms with van der Waals surface area (Å²) in [6, 6.07) is 0. The van der Waals surface area contributed by atoms with Crippen molar-refractivity contribution in [3.8, 4) is 0 Å². The molecule has 0 saturated carbocycles. The molecule has 0 spiro atoms. The summed E-state index contributed by atoms with van der Waals surface area (Å²) >= 11 is 0. The molecule has 1 unspecified atom stereocenters. The molecule has 0 aromatic heterocycles. The van der Waals surface area contributed by atoms with Crippen molar-refractivity contribution in [2.75, 3.05) is 39.6 Å². The third kappa shape index (κ3) is 9.61. The highest BCUT2D eigenvalue weighted by Gasteiger charge is 2.08. The molecule has 0 saturated heterocycles. The summed E-state index contributed by atoms with van der Waals surface area (Å²) in [6.45, 7) is 2.78. The Morgan fingerprint density at radius 3 is 2.20 bits per heavy atom. The number of aliphatic hydroxyl groups excluding tert-OH is 2. The molecule has 0 aliphatic rings. The first-order valence-electron chi connectivity index (χ1n) is 4.79. The van der Waals surface area contributed by atoms with Gasteiger partial charge < -0.3 is 24.4 Å². The van der Waals surface area contributed by atoms with Crippen molar-refractivity contribution in [1.29, 1.82) is 0 Å². The van der Waals surface area contributed by atoms with Crippen LogP contribution in [0.5, 0.6) is 0 Å². The predicted octanol–water partition coefficient (Wildman–Crippen LogP) is -1.06. The normalized spacial score (nSPS) is 12.5. The summed E-state index contributed by atoms with van der Waals surface area (Å²) in [5.74, 6) is -0.657. The van der Waals surface area contributed by atoms with E-state index >= 15 is 0 Å². The molecule has 15 heavy (non-hydrogen) atoms. The van der Waals surface area contributed by atoms with Gasteiger partial charge in [0.2, 0.25) is 0 Å². The lowest BCUT2D eigenvalue weighted by Crippen LogP contribution is -2.21. The van der Waals surface area contributed by atoms with Gasteiger partial charge in [0, 0.05) is 0 Å². The molecule has 1 atom stereocenters. The quantitative estimate of drug-likeness (QED) is 0.382. The van der Waals surface area contributed by atoms with E-state index in [1.165, 1.54) is 6.92 Å². The van der Waals surface area contributed by atoms with Gasteiger partial charge in [-0.15, -0.1) is 0 Å². The molecule has 6 heteroatoms. The first kappa shape index (κ1) is 14.3. The van der Waals surface area contributed by atoms with E-state index in [0.717, 1.165) is 0 Å². The average molecular weight is 222 g/mol. The number of ether oxygens (including phenoxy) is 3. The standard InChI is InChI=1S/C9H18O6/c1-8(11)9(12)15-7-6-14-5-4-13-3-2-10/h8,10-11H,2-7H2,1H3. The van der Waals surface area contributed by atoms with E-state index in [1.807, 2.05) is 0 Å². The van der Waals surface area contributed by atoms with E-state index < -0.39 is 12.1 Å². The second kappa shape index (κ2) is 9.85. The van der Waals surface area contributed by atoms with Crippen LogP contribution in [0.25, 0.3) is 0 Å². The van der Waals surface area contributed by atoms with Gasteiger partial charge in [0.15, 0.2) is 0 Å². The Morgan fingerprint density at radius 1 is 1.13 bits per heavy atom. The van der Waals surface area contributed by atoms with Gasteiger partial charge in [0.05, 0.1) is 33.0 Å². The van der Waals surface area contributed by atoms with Crippen LogP contribution in [0.15, 0.2) is 0 Å². The van der Waals surface area contributed by atoms with Crippen LogP contribution in [0, 0.1) is 0 Å². The van der Waals surface area contributed by atoms with Crippen molar-refractivity contribution in [2.24, 2.45) is 0 Å². The van der Waals surface area contributed by atoms with Gasteiger partial charge in [0.1, 0.15) is 12.7 Å². The summed E-state index contributed by atoms with van der Waals surface area (Å²) in [7, 11) is 0. The molecule has 0 rings (SSSR count). The summed E-state index contributed by atoms with van der Waals surface area (Å²) in [6.07, 6.45) is -1.10. The molecule has 6 nitrogen and oxygen atoms in total. The number of carbonyl (C=O) groups excluding carboxylic acids is 1. The largest absolute Gasteiger partial charge is 0.461 e. The van der Waals surface area contributed by atoms with Crippen LogP contribution in [0.1, 0.15) is 6.92 Å². The first-order valence-corrected chi connectivity index (χ1v) is 4.79. The summed E-state index contributed by atoms with van der Waals surface area (Å²) in [4.78, 5) is 10.7. The Labute approximate surface area is 88.7 Å². The summed E-state index contributed by atoms with van der Waals surface area (Å²) in [5, 5.41) is 17.1. The molecule has 0 amide bonds. The second-order valence-corrected chi connectivity index (χ2v) is 2.79. The lowest BCUT2D eigenvalue weighted by atomic mass is 10.4. The molecule has 0 heterocycles. The molecular weight excluding hydrogens is 204 g/mol. The fraction of sp³-hybridized carbons (Fsp3) is 0.889. The zero-order chi connectivity index (χ0) is 11.5. The number of rotatable bonds is 9. The van der Waals surface area contributed by atoms with Crippen LogP contribution in [0.4, 0.5) is 0 Å². The minimum atomic E-state index is -1.10. The van der Waals surface area contributed by atoms with E-state index in [9.17, 15) is 4.79 Å². The van der Waals surface area contributed by atoms with E-state index in [1.54, 1.807) is 0 Å². The molecule has 0 aromatic rings. The lowest BCUT2D eigenvalue weighted by molar-refractivity contribution is -0.154. The highest BCUT2D eigenvalue weighted by atomic mass is 16.6. The van der Waals surface area contributed by atoms with E-state index in [4.69, 9.17) is 19.7 Å². The Morgan fingerprint density at radius 2 is 1.67 bits per heavy atom. The smallest absolute Gasteiger partial charge is 0.334 e. The fourth-order valence-electron chi connectivity index (χ4n) is 0.708. The molecule has 0 aliphatic carbocycles. The maximum absolute atomic E-state index is 10.7. The molecule has 0 aliphatic heterocycles. The molecule has 2 N–H and O–H groups in total. The Bertz CT molecular complexity index is 159. The van der Waals surface area contributed by atoms with Gasteiger partial charge in [-0.1, -0.05) is 0 Å². The van der Waals surface area contributed by atoms with E-state index in [0.29, 0.717) is 19.8 Å². The number of hydrogen-bond donors (Lipinski definition) is 2. The van der Waals surface area contributed by atoms with E-state index in [-0.39, 0.29) is 19.8 Å². The fourth-order valence-corrected chi connectivity index (χ4v) is 0.708. The summed E-state index contributed by atoms with van der Waals surface area (Å²) in [5.41, 5.74) is 0. The van der Waals surface area contributed by atoms with Crippen LogP contribution in [-0.2, 0) is 19.0 Å². The number of carbonyl (C=O) groups is 1. The van der Waals surface area contributed by atoms with Gasteiger partial charge in [-0.2, -0.15) is 0 Å². The molecule has 0 aromatic carbocycles. The monoisotopic (exact) mass is 222 g/mol. The summed E-state index contributed by atoms with van der Waals surface area (Å²) < 4.78 is 14.6. The third-order valence-corrected chi connectivity index (χ3v) is 1.42. The molecule has 90 valence electrons. The number of aliphatic hydroxyl groups is 2. The highest BCUT2D eigenvalue weighted by Crippen LogP contribution is 1.87. The minimum absolute atomic E-state index is 0.00794. The Balaban J connectivity index is 3.08. The topological polar surface area (TPSA) is 85.2 Å². The zero-order valence-corrected chi connectivity index (χ0v) is 8.85. The van der Waals surface area contributed by atoms with Crippen LogP contribution >= 0.6 is 0 Å². The van der Waals surface area contributed by atoms with Crippen molar-refractivity contribution in [1.82, 2.24) is 0 Å². The first-order chi connectivity index (χ1) is 7.18. The van der Waals surface area contributed by atoms with Crippen molar-refractivity contribution >= 4 is 5.97 Å². The minimum Gasteiger partial charge on any atom is -0.461 e. The van der Waals surface area contributed by atoms with Gasteiger partial charge in [-0.25, -0.2) is 4.79 Å². The maximum Gasteiger partial charge on any atom is 0.334 e. The van der Waals surface area contributed by atoms with Crippen molar-refractivity contribution in [3.05, 3.63) is 0 Å². The average Bonchev–Trinajstić information content (AvgIpc) is 2.21. The van der Waals surface area contributed by atoms with Gasteiger partial charge in [-0.05, 0) is 6.92 Å². The number of esters is 1. The maximum atomic E-state index is 10.7. The third-order valence-electron chi connectivity index (χ3n) is 1.42. The van der Waals surface area contributed by atoms with Crippen LogP contribution in [0.2, 0.25) is 0 Å². The lowest BCUT2D eigenvalue weighted by Gasteiger charge is -2.07. The zero-order valence-electron chi connectivity index (χ0n) is 8.85. The van der Waals surface area contributed by atoms with Crippen molar-refractivity contribution < 1.29 is 29.2 Å². The highest BCUT2D eigenvalue weighted by molar-refractivity contribution is 5.73. The predicted molar refractivity (Wildman–Crippen MR) is 51.4 cm³/mol. The molecule has 0 radical (unpaired) electrons. The molecule has 0 bridgehead atoms. The van der Waals surface area contributed by atoms with Crippen molar-refractivity contribution in [3.63, 3.8) is 0 Å². The van der Waals surface area contributed by atoms with Crippen LogP contribution < -0.4 is 0 Å². The van der Waals surface area contributed by atoms with Gasteiger partial charge in [-0.3, -0.25) is 0 Å². The van der Waals surface area contributed by atoms with E-state index in [2.05, 4.69) is 4.74 Å². The number of hydrogen-bond acceptors (Lipinski definition) is 6. The van der Waals surface area contributed by atoms with Gasteiger partial charge in [0.25, 0.3) is 0 Å². The van der Waals surface area contributed by atoms with Crippen LogP contribution in [0.3, 0.4) is 0 Å². The second-order valence-electron chi connectivity index (χ2n) is 2.79. The van der Waals surface area contributed by atoms with Crippen molar-refractivity contribution in [2.45, 2.75) is 13.0 Å².